The topological polar surface area (TPSA) is 71.1 Å². The molecule has 8 heteroatoms. The fourth-order valence-corrected chi connectivity index (χ4v) is 4.87. The molecule has 0 spiro atoms. The fraction of sp³-hybridized carbons (Fsp3) is 0.231. The van der Waals surface area contributed by atoms with Gasteiger partial charge in [0.05, 0.1) is 39.1 Å². The summed E-state index contributed by atoms with van der Waals surface area (Å²) in [7, 11) is 2.07. The highest BCUT2D eigenvalue weighted by Crippen LogP contribution is 2.39. The molecule has 0 aliphatic heterocycles. The van der Waals surface area contributed by atoms with E-state index in [9.17, 15) is 8.42 Å². The van der Waals surface area contributed by atoms with Gasteiger partial charge in [0.25, 0.3) is 0 Å². The van der Waals surface area contributed by atoms with Crippen LogP contribution >= 0.6 is 0 Å². The first-order chi connectivity index (χ1) is 16.2. The Labute approximate surface area is 199 Å². The Morgan fingerprint density at radius 2 is 1.38 bits per heavy atom. The molecule has 0 saturated carbocycles. The Kier molecular flexibility index (Phi) is 7.83. The van der Waals surface area contributed by atoms with Crippen LogP contribution in [0, 0.1) is 12.7 Å². The molecule has 0 fully saturated rings. The SMILES string of the molecule is COc1ccc(/C=C\c2cc(OC)c(OC)c(OC)c2)c(CS(=O)(=O)c2ccc(C)cc2)c1F. The number of benzene rings is 3. The van der Waals surface area contributed by atoms with Gasteiger partial charge in [0.2, 0.25) is 5.75 Å². The highest BCUT2D eigenvalue weighted by molar-refractivity contribution is 7.90. The van der Waals surface area contributed by atoms with Crippen LogP contribution in [0.15, 0.2) is 53.4 Å². The third kappa shape index (κ3) is 5.34. The maximum Gasteiger partial charge on any atom is 0.203 e. The van der Waals surface area contributed by atoms with Crippen molar-refractivity contribution < 1.29 is 31.8 Å². The first-order valence-corrected chi connectivity index (χ1v) is 12.0. The summed E-state index contributed by atoms with van der Waals surface area (Å²) >= 11 is 0. The van der Waals surface area contributed by atoms with Crippen molar-refractivity contribution in [3.05, 3.63) is 76.6 Å². The first kappa shape index (κ1) is 25.1. The number of methoxy groups -OCH3 is 4. The van der Waals surface area contributed by atoms with Gasteiger partial charge in [-0.1, -0.05) is 35.9 Å². The van der Waals surface area contributed by atoms with Crippen LogP contribution in [0.1, 0.15) is 22.3 Å². The van der Waals surface area contributed by atoms with Crippen LogP contribution < -0.4 is 18.9 Å². The van der Waals surface area contributed by atoms with E-state index in [2.05, 4.69) is 0 Å². The minimum Gasteiger partial charge on any atom is -0.494 e. The quantitative estimate of drug-likeness (QED) is 0.382. The second kappa shape index (κ2) is 10.6. The fourth-order valence-electron chi connectivity index (χ4n) is 3.48. The highest BCUT2D eigenvalue weighted by atomic mass is 32.2. The average Bonchev–Trinajstić information content (AvgIpc) is 2.83. The normalized spacial score (nSPS) is 11.5. The van der Waals surface area contributed by atoms with Gasteiger partial charge in [-0.05, 0) is 48.4 Å². The van der Waals surface area contributed by atoms with Crippen LogP contribution in [0.5, 0.6) is 23.0 Å². The third-order valence-corrected chi connectivity index (χ3v) is 6.98. The van der Waals surface area contributed by atoms with E-state index in [1.54, 1.807) is 42.5 Å². The maximum absolute atomic E-state index is 15.2. The zero-order valence-electron chi connectivity index (χ0n) is 19.7. The van der Waals surface area contributed by atoms with Gasteiger partial charge in [0.1, 0.15) is 0 Å². The van der Waals surface area contributed by atoms with E-state index in [-0.39, 0.29) is 16.2 Å². The molecule has 0 atom stereocenters. The monoisotopic (exact) mass is 486 g/mol. The second-order valence-corrected chi connectivity index (χ2v) is 9.50. The summed E-state index contributed by atoms with van der Waals surface area (Å²) in [5.41, 5.74) is 2.05. The number of rotatable bonds is 9. The van der Waals surface area contributed by atoms with Crippen molar-refractivity contribution in [2.24, 2.45) is 0 Å². The van der Waals surface area contributed by atoms with Gasteiger partial charge >= 0.3 is 0 Å². The van der Waals surface area contributed by atoms with E-state index in [0.29, 0.717) is 28.4 Å². The molecule has 0 N–H and O–H groups in total. The molecule has 0 aromatic heterocycles. The number of halogens is 1. The van der Waals surface area contributed by atoms with E-state index >= 15 is 4.39 Å². The van der Waals surface area contributed by atoms with Crippen molar-refractivity contribution in [3.63, 3.8) is 0 Å². The van der Waals surface area contributed by atoms with Crippen molar-refractivity contribution in [2.45, 2.75) is 17.6 Å². The summed E-state index contributed by atoms with van der Waals surface area (Å²) in [4.78, 5) is 0.125. The van der Waals surface area contributed by atoms with Gasteiger partial charge in [-0.2, -0.15) is 0 Å². The maximum atomic E-state index is 15.2. The molecular formula is C26H27FO6S. The summed E-state index contributed by atoms with van der Waals surface area (Å²) < 4.78 is 62.5. The van der Waals surface area contributed by atoms with E-state index in [4.69, 9.17) is 18.9 Å². The number of hydrogen-bond acceptors (Lipinski definition) is 6. The minimum atomic E-state index is -3.80. The lowest BCUT2D eigenvalue weighted by molar-refractivity contribution is 0.324. The molecule has 3 rings (SSSR count). The Bertz CT molecular complexity index is 1270. The molecule has 0 saturated heterocycles. The number of ether oxygens (including phenoxy) is 4. The van der Waals surface area contributed by atoms with Gasteiger partial charge in [0.15, 0.2) is 32.9 Å². The van der Waals surface area contributed by atoms with Gasteiger partial charge in [-0.25, -0.2) is 12.8 Å². The summed E-state index contributed by atoms with van der Waals surface area (Å²) in [6.07, 6.45) is 3.36. The van der Waals surface area contributed by atoms with Gasteiger partial charge in [-0.15, -0.1) is 0 Å². The van der Waals surface area contributed by atoms with Gasteiger partial charge < -0.3 is 18.9 Å². The lowest BCUT2D eigenvalue weighted by atomic mass is 10.1. The van der Waals surface area contributed by atoms with E-state index in [1.165, 1.54) is 46.6 Å². The summed E-state index contributed by atoms with van der Waals surface area (Å²) in [5.74, 6) is 0.106. The largest absolute Gasteiger partial charge is 0.494 e. The Hall–Kier alpha value is -3.52. The molecule has 0 bridgehead atoms. The molecule has 0 heterocycles. The van der Waals surface area contributed by atoms with Crippen LogP contribution in [-0.4, -0.2) is 36.9 Å². The van der Waals surface area contributed by atoms with Crippen molar-refractivity contribution in [1.29, 1.82) is 0 Å². The Balaban J connectivity index is 2.05. The van der Waals surface area contributed by atoms with Gasteiger partial charge in [-0.3, -0.25) is 0 Å². The molecule has 34 heavy (non-hydrogen) atoms. The van der Waals surface area contributed by atoms with Crippen molar-refractivity contribution in [1.82, 2.24) is 0 Å². The van der Waals surface area contributed by atoms with Crippen molar-refractivity contribution >= 4 is 22.0 Å². The van der Waals surface area contributed by atoms with Crippen LogP contribution in [0.4, 0.5) is 4.39 Å². The first-order valence-electron chi connectivity index (χ1n) is 10.4. The standard InChI is InChI=1S/C26H27FO6S/c1-17-6-11-20(12-7-17)34(28,29)16-21-19(10-13-22(30-2)25(21)27)9-8-18-14-23(31-3)26(33-5)24(15-18)32-4/h6-15H,16H2,1-5H3/b9-8-. The Morgan fingerprint density at radius 3 is 1.91 bits per heavy atom. The molecule has 3 aromatic rings. The number of hydrogen-bond donors (Lipinski definition) is 0. The molecular weight excluding hydrogens is 459 g/mol. The summed E-state index contributed by atoms with van der Waals surface area (Å²) in [6.45, 7) is 1.87. The molecule has 0 amide bonds. The zero-order chi connectivity index (χ0) is 24.9. The molecule has 0 radical (unpaired) electrons. The van der Waals surface area contributed by atoms with E-state index < -0.39 is 21.4 Å². The minimum absolute atomic E-state index is 0.0172. The molecule has 180 valence electrons. The zero-order valence-corrected chi connectivity index (χ0v) is 20.5. The number of aryl methyl sites for hydroxylation is 1. The lowest BCUT2D eigenvalue weighted by Gasteiger charge is -2.14. The molecule has 3 aromatic carbocycles. The summed E-state index contributed by atoms with van der Waals surface area (Å²) in [5, 5.41) is 0. The predicted octanol–water partition coefficient (Wildman–Crippen LogP) is 5.31. The molecule has 0 aliphatic carbocycles. The molecule has 0 unspecified atom stereocenters. The second-order valence-electron chi connectivity index (χ2n) is 7.51. The third-order valence-electron chi connectivity index (χ3n) is 5.32. The highest BCUT2D eigenvalue weighted by Gasteiger charge is 2.22. The smallest absolute Gasteiger partial charge is 0.203 e. The van der Waals surface area contributed by atoms with Crippen LogP contribution in [0.25, 0.3) is 12.2 Å². The van der Waals surface area contributed by atoms with E-state index in [0.717, 1.165) is 5.56 Å². The van der Waals surface area contributed by atoms with Crippen LogP contribution in [-0.2, 0) is 15.6 Å². The average molecular weight is 487 g/mol. The van der Waals surface area contributed by atoms with Gasteiger partial charge in [0, 0.05) is 5.56 Å². The van der Waals surface area contributed by atoms with Crippen LogP contribution in [0.2, 0.25) is 0 Å². The van der Waals surface area contributed by atoms with Crippen LogP contribution in [0.3, 0.4) is 0 Å². The molecule has 6 nitrogen and oxygen atoms in total. The lowest BCUT2D eigenvalue weighted by Crippen LogP contribution is -2.09. The summed E-state index contributed by atoms with van der Waals surface area (Å²) in [6, 6.07) is 13.0. The Morgan fingerprint density at radius 1 is 0.794 bits per heavy atom. The van der Waals surface area contributed by atoms with Crippen molar-refractivity contribution in [3.8, 4) is 23.0 Å². The predicted molar refractivity (Wildman–Crippen MR) is 130 cm³/mol. The number of sulfone groups is 1. The van der Waals surface area contributed by atoms with E-state index in [1.807, 2.05) is 6.92 Å². The molecule has 0 aliphatic rings. The van der Waals surface area contributed by atoms with Crippen molar-refractivity contribution in [2.75, 3.05) is 28.4 Å².